The summed E-state index contributed by atoms with van der Waals surface area (Å²) in [6.07, 6.45) is 1.08. The standard InChI is InChI=1S/C21H22N4O4S2/c1-13-5-6-15(14(2)12-13)22-21(27)17-4-3-11-25(17)31(28,29)20-10-8-18(30-20)16-7-9-19(26)24-23-16/h5-10,12,17H,3-4,11H2,1-2H3,(H,22,27)(H,24,26)/t17-/m1/s1. The van der Waals surface area contributed by atoms with Gasteiger partial charge in [0, 0.05) is 18.3 Å². The molecule has 1 aliphatic rings. The van der Waals surface area contributed by atoms with Crippen molar-refractivity contribution in [3.05, 3.63) is 63.9 Å². The Balaban J connectivity index is 1.56. The molecule has 1 fully saturated rings. The minimum atomic E-state index is -3.85. The minimum absolute atomic E-state index is 0.140. The second-order valence-corrected chi connectivity index (χ2v) is 10.7. The van der Waals surface area contributed by atoms with Gasteiger partial charge in [0.15, 0.2) is 0 Å². The minimum Gasteiger partial charge on any atom is -0.324 e. The summed E-state index contributed by atoms with van der Waals surface area (Å²) in [7, 11) is -3.85. The van der Waals surface area contributed by atoms with Gasteiger partial charge >= 0.3 is 0 Å². The maximum absolute atomic E-state index is 13.3. The first-order chi connectivity index (χ1) is 14.8. The predicted octanol–water partition coefficient (Wildman–Crippen LogP) is 2.91. The third-order valence-electron chi connectivity index (χ3n) is 5.22. The summed E-state index contributed by atoms with van der Waals surface area (Å²) >= 11 is 1.06. The molecule has 0 bridgehead atoms. The van der Waals surface area contributed by atoms with Crippen LogP contribution in [0.15, 0.2) is 51.5 Å². The van der Waals surface area contributed by atoms with E-state index in [4.69, 9.17) is 0 Å². The average molecular weight is 459 g/mol. The number of thiophene rings is 1. The number of nitrogens with zero attached hydrogens (tertiary/aromatic N) is 2. The molecule has 0 saturated carbocycles. The summed E-state index contributed by atoms with van der Waals surface area (Å²) in [4.78, 5) is 24.8. The maximum atomic E-state index is 13.3. The number of hydrogen-bond donors (Lipinski definition) is 2. The SMILES string of the molecule is Cc1ccc(NC(=O)[C@H]2CCCN2S(=O)(=O)c2ccc(-c3ccc(=O)[nH]n3)s2)c(C)c1. The Bertz CT molecular complexity index is 1280. The number of H-pyrrole nitrogens is 1. The van der Waals surface area contributed by atoms with Crippen LogP contribution in [0.5, 0.6) is 0 Å². The average Bonchev–Trinajstić information content (AvgIpc) is 3.41. The van der Waals surface area contributed by atoms with Gasteiger partial charge in [0.2, 0.25) is 5.91 Å². The molecule has 31 heavy (non-hydrogen) atoms. The normalized spacial score (nSPS) is 17.0. The van der Waals surface area contributed by atoms with Gasteiger partial charge in [-0.1, -0.05) is 17.7 Å². The quantitative estimate of drug-likeness (QED) is 0.611. The number of rotatable bonds is 5. The molecule has 1 aliphatic heterocycles. The van der Waals surface area contributed by atoms with Crippen LogP contribution < -0.4 is 10.9 Å². The number of anilines is 1. The summed E-state index contributed by atoms with van der Waals surface area (Å²) < 4.78 is 28.0. The molecule has 1 amide bonds. The van der Waals surface area contributed by atoms with Crippen LogP contribution in [0.25, 0.3) is 10.6 Å². The van der Waals surface area contributed by atoms with Gasteiger partial charge in [-0.05, 0) is 56.5 Å². The molecule has 1 aromatic carbocycles. The van der Waals surface area contributed by atoms with Gasteiger partial charge in [-0.2, -0.15) is 9.40 Å². The van der Waals surface area contributed by atoms with Crippen molar-refractivity contribution in [1.29, 1.82) is 0 Å². The molecule has 10 heteroatoms. The molecule has 3 aromatic rings. The van der Waals surface area contributed by atoms with Crippen LogP contribution in [0.1, 0.15) is 24.0 Å². The van der Waals surface area contributed by atoms with Crippen LogP contribution in [0.4, 0.5) is 5.69 Å². The lowest BCUT2D eigenvalue weighted by molar-refractivity contribution is -0.119. The summed E-state index contributed by atoms with van der Waals surface area (Å²) in [5.41, 5.74) is 2.85. The molecule has 0 aliphatic carbocycles. The number of hydrogen-bond acceptors (Lipinski definition) is 6. The number of nitrogens with one attached hydrogen (secondary N) is 2. The molecule has 8 nitrogen and oxygen atoms in total. The van der Waals surface area contributed by atoms with Crippen LogP contribution in [0.3, 0.4) is 0 Å². The molecule has 1 saturated heterocycles. The van der Waals surface area contributed by atoms with E-state index >= 15 is 0 Å². The first-order valence-corrected chi connectivity index (χ1v) is 12.1. The smallest absolute Gasteiger partial charge is 0.264 e. The van der Waals surface area contributed by atoms with Gasteiger partial charge in [-0.25, -0.2) is 13.5 Å². The topological polar surface area (TPSA) is 112 Å². The number of carbonyl (C=O) groups is 1. The Morgan fingerprint density at radius 1 is 1.19 bits per heavy atom. The highest BCUT2D eigenvalue weighted by Gasteiger charge is 2.40. The van der Waals surface area contributed by atoms with E-state index in [1.165, 1.54) is 22.5 Å². The Labute approximate surface area is 184 Å². The number of carbonyl (C=O) groups excluding carboxylic acids is 1. The highest BCUT2D eigenvalue weighted by Crippen LogP contribution is 2.34. The van der Waals surface area contributed by atoms with E-state index in [1.807, 2.05) is 32.0 Å². The largest absolute Gasteiger partial charge is 0.324 e. The molecule has 2 aromatic heterocycles. The van der Waals surface area contributed by atoms with Gasteiger partial charge in [0.05, 0.1) is 4.88 Å². The van der Waals surface area contributed by atoms with E-state index in [9.17, 15) is 18.0 Å². The molecule has 162 valence electrons. The highest BCUT2D eigenvalue weighted by atomic mass is 32.2. The van der Waals surface area contributed by atoms with Crippen molar-refractivity contribution in [1.82, 2.24) is 14.5 Å². The number of benzene rings is 1. The van der Waals surface area contributed by atoms with Gasteiger partial charge in [-0.15, -0.1) is 11.3 Å². The van der Waals surface area contributed by atoms with Crippen LogP contribution in [0, 0.1) is 13.8 Å². The Kier molecular flexibility index (Phi) is 5.78. The lowest BCUT2D eigenvalue weighted by atomic mass is 10.1. The second-order valence-electron chi connectivity index (χ2n) is 7.51. The molecule has 2 N–H and O–H groups in total. The van der Waals surface area contributed by atoms with Crippen LogP contribution in [0.2, 0.25) is 0 Å². The van der Waals surface area contributed by atoms with Crippen molar-refractivity contribution < 1.29 is 13.2 Å². The van der Waals surface area contributed by atoms with Gasteiger partial charge in [0.1, 0.15) is 15.9 Å². The van der Waals surface area contributed by atoms with Crippen molar-refractivity contribution in [2.75, 3.05) is 11.9 Å². The fourth-order valence-corrected chi connectivity index (χ4v) is 6.72. The fourth-order valence-electron chi connectivity index (χ4n) is 3.65. The molecular weight excluding hydrogens is 436 g/mol. The lowest BCUT2D eigenvalue weighted by Gasteiger charge is -2.23. The number of aryl methyl sites for hydroxylation is 2. The maximum Gasteiger partial charge on any atom is 0.264 e. The lowest BCUT2D eigenvalue weighted by Crippen LogP contribution is -2.42. The Morgan fingerprint density at radius 2 is 2.00 bits per heavy atom. The fraction of sp³-hybridized carbons (Fsp3) is 0.286. The molecule has 0 unspecified atom stereocenters. The van der Waals surface area contributed by atoms with E-state index in [1.54, 1.807) is 6.07 Å². The molecular formula is C21H22N4O4S2. The van der Waals surface area contributed by atoms with E-state index in [2.05, 4.69) is 15.5 Å². The first-order valence-electron chi connectivity index (χ1n) is 9.81. The van der Waals surface area contributed by atoms with Crippen molar-refractivity contribution >= 4 is 33.0 Å². The van der Waals surface area contributed by atoms with Gasteiger partial charge in [-0.3, -0.25) is 9.59 Å². The summed E-state index contributed by atoms with van der Waals surface area (Å²) in [6.45, 7) is 4.17. The number of aromatic nitrogens is 2. The van der Waals surface area contributed by atoms with Gasteiger partial charge in [0.25, 0.3) is 15.6 Å². The zero-order chi connectivity index (χ0) is 22.2. The van der Waals surface area contributed by atoms with E-state index in [0.717, 1.165) is 22.5 Å². The van der Waals surface area contributed by atoms with Crippen LogP contribution in [-0.4, -0.2) is 41.4 Å². The van der Waals surface area contributed by atoms with Crippen molar-refractivity contribution in [3.8, 4) is 10.6 Å². The van der Waals surface area contributed by atoms with E-state index < -0.39 is 16.1 Å². The monoisotopic (exact) mass is 458 g/mol. The molecule has 1 atom stereocenters. The Hall–Kier alpha value is -2.82. The highest BCUT2D eigenvalue weighted by molar-refractivity contribution is 7.91. The second kappa shape index (κ2) is 8.37. The molecule has 0 spiro atoms. The zero-order valence-corrected chi connectivity index (χ0v) is 18.7. The Morgan fingerprint density at radius 3 is 2.71 bits per heavy atom. The van der Waals surface area contributed by atoms with Crippen molar-refractivity contribution in [2.24, 2.45) is 0 Å². The van der Waals surface area contributed by atoms with Crippen LogP contribution >= 0.6 is 11.3 Å². The number of amides is 1. The molecule has 3 heterocycles. The predicted molar refractivity (Wildman–Crippen MR) is 120 cm³/mol. The van der Waals surface area contributed by atoms with Crippen LogP contribution in [-0.2, 0) is 14.8 Å². The number of sulfonamides is 1. The van der Waals surface area contributed by atoms with E-state index in [-0.39, 0.29) is 22.2 Å². The summed E-state index contributed by atoms with van der Waals surface area (Å²) in [5.74, 6) is -0.327. The van der Waals surface area contributed by atoms with Gasteiger partial charge < -0.3 is 5.32 Å². The third kappa shape index (κ3) is 4.32. The van der Waals surface area contributed by atoms with E-state index in [0.29, 0.717) is 29.1 Å². The molecule has 4 rings (SSSR count). The zero-order valence-electron chi connectivity index (χ0n) is 17.1. The van der Waals surface area contributed by atoms with Crippen molar-refractivity contribution in [3.63, 3.8) is 0 Å². The third-order valence-corrected chi connectivity index (χ3v) is 8.71. The summed E-state index contributed by atoms with van der Waals surface area (Å²) in [5, 5.41) is 9.17. The first kappa shape index (κ1) is 21.4. The summed E-state index contributed by atoms with van der Waals surface area (Å²) in [6, 6.07) is 11.0. The number of aromatic amines is 1. The van der Waals surface area contributed by atoms with Crippen molar-refractivity contribution in [2.45, 2.75) is 36.9 Å². The molecule has 0 radical (unpaired) electrons.